The first kappa shape index (κ1) is 17.2. The van der Waals surface area contributed by atoms with Crippen LogP contribution in [0.4, 0.5) is 4.79 Å². The summed E-state index contributed by atoms with van der Waals surface area (Å²) in [7, 11) is 0. The van der Waals surface area contributed by atoms with Crippen LogP contribution in [-0.4, -0.2) is 43.0 Å². The van der Waals surface area contributed by atoms with Gasteiger partial charge in [-0.05, 0) is 47.0 Å². The molecule has 0 aromatic rings. The summed E-state index contributed by atoms with van der Waals surface area (Å²) in [6.07, 6.45) is 2.73. The second-order valence-electron chi connectivity index (χ2n) is 6.72. The minimum Gasteiger partial charge on any atom is -0.444 e. The third-order valence-corrected chi connectivity index (χ3v) is 3.57. The fourth-order valence-corrected chi connectivity index (χ4v) is 2.31. The van der Waals surface area contributed by atoms with Crippen molar-refractivity contribution in [3.05, 3.63) is 0 Å². The van der Waals surface area contributed by atoms with Crippen molar-refractivity contribution in [1.29, 1.82) is 0 Å². The highest BCUT2D eigenvalue weighted by atomic mass is 16.6. The Labute approximate surface area is 122 Å². The molecule has 1 rings (SSSR count). The largest absolute Gasteiger partial charge is 0.444 e. The molecule has 0 radical (unpaired) electrons. The molecular weight excluding hydrogens is 256 g/mol. The average molecular weight is 286 g/mol. The van der Waals surface area contributed by atoms with E-state index in [9.17, 15) is 4.79 Å². The van der Waals surface area contributed by atoms with E-state index < -0.39 is 5.60 Å². The number of ether oxygens (including phenoxy) is 2. The van der Waals surface area contributed by atoms with E-state index in [1.54, 1.807) is 0 Å². The van der Waals surface area contributed by atoms with E-state index in [0.717, 1.165) is 32.4 Å². The smallest absolute Gasteiger partial charge is 0.407 e. The maximum absolute atomic E-state index is 11.5. The lowest BCUT2D eigenvalue weighted by Gasteiger charge is -2.38. The molecule has 1 amide bonds. The van der Waals surface area contributed by atoms with Crippen molar-refractivity contribution in [2.24, 2.45) is 0 Å². The van der Waals surface area contributed by atoms with Gasteiger partial charge < -0.3 is 20.1 Å². The molecule has 0 aromatic carbocycles. The summed E-state index contributed by atoms with van der Waals surface area (Å²) >= 11 is 0. The zero-order valence-corrected chi connectivity index (χ0v) is 13.5. The van der Waals surface area contributed by atoms with Crippen molar-refractivity contribution in [2.45, 2.75) is 71.1 Å². The zero-order valence-electron chi connectivity index (χ0n) is 13.5. The summed E-state index contributed by atoms with van der Waals surface area (Å²) < 4.78 is 11.0. The van der Waals surface area contributed by atoms with E-state index in [1.807, 2.05) is 20.8 Å². The van der Waals surface area contributed by atoms with Crippen molar-refractivity contribution in [1.82, 2.24) is 10.6 Å². The predicted octanol–water partition coefficient (Wildman–Crippen LogP) is 2.45. The Balaban J connectivity index is 2.17. The predicted molar refractivity (Wildman–Crippen MR) is 79.9 cm³/mol. The van der Waals surface area contributed by atoms with Gasteiger partial charge in [-0.1, -0.05) is 6.92 Å². The van der Waals surface area contributed by atoms with Gasteiger partial charge in [0, 0.05) is 25.7 Å². The van der Waals surface area contributed by atoms with Gasteiger partial charge in [-0.15, -0.1) is 0 Å². The van der Waals surface area contributed by atoms with Crippen LogP contribution in [0.25, 0.3) is 0 Å². The number of hydrogen-bond acceptors (Lipinski definition) is 4. The minimum absolute atomic E-state index is 0.00545. The number of rotatable bonds is 5. The third kappa shape index (κ3) is 6.57. The molecule has 20 heavy (non-hydrogen) atoms. The summed E-state index contributed by atoms with van der Waals surface area (Å²) in [6.45, 7) is 12.0. The van der Waals surface area contributed by atoms with Gasteiger partial charge in [-0.25, -0.2) is 4.79 Å². The SMILES string of the molecule is CCC1(C)CC(NCCNC(=O)OC(C)(C)C)CCO1. The van der Waals surface area contributed by atoms with E-state index in [1.165, 1.54) is 0 Å². The number of hydrogen-bond donors (Lipinski definition) is 2. The lowest BCUT2D eigenvalue weighted by atomic mass is 9.90. The molecule has 1 fully saturated rings. The van der Waals surface area contributed by atoms with Crippen LogP contribution in [0.2, 0.25) is 0 Å². The van der Waals surface area contributed by atoms with Crippen LogP contribution in [0.15, 0.2) is 0 Å². The molecule has 1 aliphatic rings. The summed E-state index contributed by atoms with van der Waals surface area (Å²) in [5.74, 6) is 0. The Kier molecular flexibility index (Phi) is 6.27. The number of amides is 1. The van der Waals surface area contributed by atoms with Crippen LogP contribution in [-0.2, 0) is 9.47 Å². The lowest BCUT2D eigenvalue weighted by molar-refractivity contribution is -0.0778. The molecule has 5 nitrogen and oxygen atoms in total. The highest BCUT2D eigenvalue weighted by Crippen LogP contribution is 2.27. The summed E-state index contributed by atoms with van der Waals surface area (Å²) in [5, 5.41) is 6.24. The quantitative estimate of drug-likeness (QED) is 0.762. The molecule has 0 aliphatic carbocycles. The van der Waals surface area contributed by atoms with Crippen LogP contribution in [0, 0.1) is 0 Å². The van der Waals surface area contributed by atoms with Crippen molar-refractivity contribution < 1.29 is 14.3 Å². The Bertz CT molecular complexity index is 315. The molecule has 118 valence electrons. The van der Waals surface area contributed by atoms with Gasteiger partial charge in [0.25, 0.3) is 0 Å². The molecule has 0 bridgehead atoms. The van der Waals surface area contributed by atoms with Gasteiger partial charge in [0.1, 0.15) is 5.60 Å². The van der Waals surface area contributed by atoms with Gasteiger partial charge in [0.15, 0.2) is 0 Å². The van der Waals surface area contributed by atoms with Crippen LogP contribution in [0.1, 0.15) is 53.9 Å². The molecule has 2 unspecified atom stereocenters. The standard InChI is InChI=1S/C15H30N2O3/c1-6-15(5)11-12(7-10-19-15)16-8-9-17-13(18)20-14(2,3)4/h12,16H,6-11H2,1-5H3,(H,17,18). The van der Waals surface area contributed by atoms with Crippen molar-refractivity contribution >= 4 is 6.09 Å². The van der Waals surface area contributed by atoms with Gasteiger partial charge >= 0.3 is 6.09 Å². The van der Waals surface area contributed by atoms with E-state index in [-0.39, 0.29) is 11.7 Å². The molecule has 1 aliphatic heterocycles. The van der Waals surface area contributed by atoms with Crippen molar-refractivity contribution in [2.75, 3.05) is 19.7 Å². The summed E-state index contributed by atoms with van der Waals surface area (Å²) in [5.41, 5.74) is -0.449. The van der Waals surface area contributed by atoms with E-state index in [4.69, 9.17) is 9.47 Å². The Morgan fingerprint density at radius 3 is 2.70 bits per heavy atom. The molecule has 1 heterocycles. The highest BCUT2D eigenvalue weighted by Gasteiger charge is 2.31. The number of carbonyl (C=O) groups excluding carboxylic acids is 1. The maximum atomic E-state index is 11.5. The van der Waals surface area contributed by atoms with Crippen LogP contribution >= 0.6 is 0 Å². The molecule has 5 heteroatoms. The van der Waals surface area contributed by atoms with Gasteiger partial charge in [-0.3, -0.25) is 0 Å². The monoisotopic (exact) mass is 286 g/mol. The molecular formula is C15H30N2O3. The molecule has 0 spiro atoms. The fraction of sp³-hybridized carbons (Fsp3) is 0.933. The summed E-state index contributed by atoms with van der Waals surface area (Å²) in [6, 6.07) is 0.467. The Hall–Kier alpha value is -0.810. The number of carbonyl (C=O) groups is 1. The van der Waals surface area contributed by atoms with Crippen LogP contribution in [0.3, 0.4) is 0 Å². The molecule has 1 saturated heterocycles. The van der Waals surface area contributed by atoms with E-state index in [2.05, 4.69) is 24.5 Å². The van der Waals surface area contributed by atoms with Crippen LogP contribution in [0.5, 0.6) is 0 Å². The molecule has 2 atom stereocenters. The van der Waals surface area contributed by atoms with Gasteiger partial charge in [0.05, 0.1) is 5.60 Å². The fourth-order valence-electron chi connectivity index (χ4n) is 2.31. The van der Waals surface area contributed by atoms with Gasteiger partial charge in [0.2, 0.25) is 0 Å². The first-order valence-electron chi connectivity index (χ1n) is 7.58. The maximum Gasteiger partial charge on any atom is 0.407 e. The summed E-state index contributed by atoms with van der Waals surface area (Å²) in [4.78, 5) is 11.5. The highest BCUT2D eigenvalue weighted by molar-refractivity contribution is 5.67. The van der Waals surface area contributed by atoms with Crippen molar-refractivity contribution in [3.63, 3.8) is 0 Å². The average Bonchev–Trinajstić information content (AvgIpc) is 2.33. The minimum atomic E-state index is -0.443. The number of alkyl carbamates (subject to hydrolysis) is 1. The first-order valence-corrected chi connectivity index (χ1v) is 7.58. The molecule has 0 saturated carbocycles. The lowest BCUT2D eigenvalue weighted by Crippen LogP contribution is -2.47. The van der Waals surface area contributed by atoms with E-state index in [0.29, 0.717) is 12.6 Å². The van der Waals surface area contributed by atoms with Crippen molar-refractivity contribution in [3.8, 4) is 0 Å². The van der Waals surface area contributed by atoms with E-state index >= 15 is 0 Å². The topological polar surface area (TPSA) is 59.6 Å². The third-order valence-electron chi connectivity index (χ3n) is 3.57. The van der Waals surface area contributed by atoms with Gasteiger partial charge in [-0.2, -0.15) is 0 Å². The molecule has 0 aromatic heterocycles. The Morgan fingerprint density at radius 1 is 1.40 bits per heavy atom. The normalized spacial score (nSPS) is 27.1. The Morgan fingerprint density at radius 2 is 2.10 bits per heavy atom. The van der Waals surface area contributed by atoms with Crippen LogP contribution < -0.4 is 10.6 Å². The molecule has 2 N–H and O–H groups in total. The second kappa shape index (κ2) is 7.27. The first-order chi connectivity index (χ1) is 9.24. The number of nitrogens with one attached hydrogen (secondary N) is 2. The second-order valence-corrected chi connectivity index (χ2v) is 6.72. The zero-order chi connectivity index (χ0) is 15.2.